The number of nitrogens with zero attached hydrogens (tertiary/aromatic N) is 1. The van der Waals surface area contributed by atoms with E-state index in [1.807, 2.05) is 0 Å². The molecule has 0 spiro atoms. The van der Waals surface area contributed by atoms with Crippen molar-refractivity contribution in [1.82, 2.24) is 4.90 Å². The molecular formula is C16H22BrN. The van der Waals surface area contributed by atoms with Crippen LogP contribution in [0.15, 0.2) is 24.3 Å². The lowest BCUT2D eigenvalue weighted by Crippen LogP contribution is -2.38. The first-order valence-electron chi connectivity index (χ1n) is 7.27. The van der Waals surface area contributed by atoms with Gasteiger partial charge < -0.3 is 4.90 Å². The van der Waals surface area contributed by atoms with Gasteiger partial charge in [0.05, 0.1) is 0 Å². The number of benzene rings is 1. The van der Waals surface area contributed by atoms with Crippen LogP contribution in [0.2, 0.25) is 0 Å². The summed E-state index contributed by atoms with van der Waals surface area (Å²) >= 11 is 3.78. The molecule has 0 N–H and O–H groups in total. The largest absolute Gasteiger partial charge is 0.302 e. The Hall–Kier alpha value is -0.340. The molecule has 1 saturated heterocycles. The SMILES string of the molecule is BrC1CCCN(CC2CCCc3ccccc32)C1. The van der Waals surface area contributed by atoms with Gasteiger partial charge in [-0.3, -0.25) is 0 Å². The monoisotopic (exact) mass is 307 g/mol. The van der Waals surface area contributed by atoms with E-state index in [9.17, 15) is 0 Å². The van der Waals surface area contributed by atoms with Gasteiger partial charge in [0, 0.05) is 17.9 Å². The summed E-state index contributed by atoms with van der Waals surface area (Å²) < 4.78 is 0. The van der Waals surface area contributed by atoms with Crippen LogP contribution in [-0.2, 0) is 6.42 Å². The van der Waals surface area contributed by atoms with Crippen LogP contribution in [0, 0.1) is 0 Å². The molecule has 0 aromatic heterocycles. The molecule has 2 heteroatoms. The first-order chi connectivity index (χ1) is 8.83. The Balaban J connectivity index is 1.70. The minimum absolute atomic E-state index is 0.713. The van der Waals surface area contributed by atoms with Gasteiger partial charge in [0.15, 0.2) is 0 Å². The van der Waals surface area contributed by atoms with E-state index in [1.54, 1.807) is 11.1 Å². The van der Waals surface area contributed by atoms with Crippen molar-refractivity contribution >= 4 is 15.9 Å². The Morgan fingerprint density at radius 3 is 2.94 bits per heavy atom. The van der Waals surface area contributed by atoms with E-state index >= 15 is 0 Å². The minimum atomic E-state index is 0.713. The van der Waals surface area contributed by atoms with Gasteiger partial charge >= 0.3 is 0 Å². The molecule has 0 radical (unpaired) electrons. The average molecular weight is 308 g/mol. The molecule has 1 aliphatic heterocycles. The van der Waals surface area contributed by atoms with Crippen molar-refractivity contribution in [3.05, 3.63) is 35.4 Å². The van der Waals surface area contributed by atoms with Gasteiger partial charge in [-0.2, -0.15) is 0 Å². The maximum Gasteiger partial charge on any atom is 0.0273 e. The lowest BCUT2D eigenvalue weighted by molar-refractivity contribution is 0.215. The van der Waals surface area contributed by atoms with Crippen LogP contribution in [0.4, 0.5) is 0 Å². The van der Waals surface area contributed by atoms with Crippen molar-refractivity contribution in [3.63, 3.8) is 0 Å². The third kappa shape index (κ3) is 2.80. The predicted molar refractivity (Wildman–Crippen MR) is 80.5 cm³/mol. The average Bonchev–Trinajstić information content (AvgIpc) is 2.39. The van der Waals surface area contributed by atoms with Crippen molar-refractivity contribution in [2.45, 2.75) is 42.8 Å². The second kappa shape index (κ2) is 5.75. The highest BCUT2D eigenvalue weighted by molar-refractivity contribution is 9.09. The molecule has 1 aromatic rings. The summed E-state index contributed by atoms with van der Waals surface area (Å²) in [6.45, 7) is 3.79. The lowest BCUT2D eigenvalue weighted by Gasteiger charge is -2.35. The number of fused-ring (bicyclic) bond motifs is 1. The van der Waals surface area contributed by atoms with Crippen molar-refractivity contribution in [2.75, 3.05) is 19.6 Å². The van der Waals surface area contributed by atoms with Crippen LogP contribution >= 0.6 is 15.9 Å². The molecule has 0 saturated carbocycles. The number of likely N-dealkylation sites (tertiary alicyclic amines) is 1. The molecular weight excluding hydrogens is 286 g/mol. The van der Waals surface area contributed by atoms with Gasteiger partial charge in [0.1, 0.15) is 0 Å². The van der Waals surface area contributed by atoms with Gasteiger partial charge in [-0.1, -0.05) is 40.2 Å². The van der Waals surface area contributed by atoms with Crippen LogP contribution in [0.5, 0.6) is 0 Å². The van der Waals surface area contributed by atoms with Crippen LogP contribution < -0.4 is 0 Å². The smallest absolute Gasteiger partial charge is 0.0273 e. The maximum atomic E-state index is 3.78. The molecule has 1 fully saturated rings. The fourth-order valence-electron chi connectivity index (χ4n) is 3.52. The summed E-state index contributed by atoms with van der Waals surface area (Å²) in [6.07, 6.45) is 6.73. The third-order valence-corrected chi connectivity index (χ3v) is 5.17. The standard InChI is InChI=1S/C16H22BrN/c17-15-8-4-10-18(12-15)11-14-7-3-6-13-5-1-2-9-16(13)14/h1-2,5,9,14-15H,3-4,6-8,10-12H2. The summed E-state index contributed by atoms with van der Waals surface area (Å²) in [5, 5.41) is 0. The van der Waals surface area contributed by atoms with E-state index in [-0.39, 0.29) is 0 Å². The number of piperidine rings is 1. The zero-order valence-corrected chi connectivity index (χ0v) is 12.5. The van der Waals surface area contributed by atoms with Crippen LogP contribution in [0.1, 0.15) is 42.7 Å². The number of hydrogen-bond acceptors (Lipinski definition) is 1. The molecule has 2 atom stereocenters. The number of alkyl halides is 1. The highest BCUT2D eigenvalue weighted by atomic mass is 79.9. The molecule has 2 aliphatic rings. The Morgan fingerprint density at radius 2 is 2.06 bits per heavy atom. The molecule has 1 heterocycles. The van der Waals surface area contributed by atoms with Gasteiger partial charge in [-0.25, -0.2) is 0 Å². The third-order valence-electron chi connectivity index (χ3n) is 4.42. The maximum absolute atomic E-state index is 3.78. The molecule has 3 rings (SSSR count). The van der Waals surface area contributed by atoms with Gasteiger partial charge in [-0.05, 0) is 55.7 Å². The fourth-order valence-corrected chi connectivity index (χ4v) is 4.25. The zero-order chi connectivity index (χ0) is 12.4. The molecule has 2 unspecified atom stereocenters. The summed E-state index contributed by atoms with van der Waals surface area (Å²) in [6, 6.07) is 9.08. The Bertz CT molecular complexity index is 404. The predicted octanol–water partition coefficient (Wildman–Crippen LogP) is 3.97. The number of halogens is 1. The quantitative estimate of drug-likeness (QED) is 0.747. The molecule has 1 aromatic carbocycles. The second-order valence-electron chi connectivity index (χ2n) is 5.79. The van der Waals surface area contributed by atoms with Gasteiger partial charge in [0.25, 0.3) is 0 Å². The highest BCUT2D eigenvalue weighted by Crippen LogP contribution is 2.32. The topological polar surface area (TPSA) is 3.24 Å². The van der Waals surface area contributed by atoms with E-state index in [2.05, 4.69) is 45.1 Å². The molecule has 1 nitrogen and oxygen atoms in total. The second-order valence-corrected chi connectivity index (χ2v) is 7.08. The van der Waals surface area contributed by atoms with E-state index in [4.69, 9.17) is 0 Å². The summed E-state index contributed by atoms with van der Waals surface area (Å²) in [4.78, 5) is 3.38. The van der Waals surface area contributed by atoms with E-state index in [0.717, 1.165) is 5.92 Å². The zero-order valence-electron chi connectivity index (χ0n) is 10.9. The highest BCUT2D eigenvalue weighted by Gasteiger charge is 2.24. The van der Waals surface area contributed by atoms with Gasteiger partial charge in [-0.15, -0.1) is 0 Å². The minimum Gasteiger partial charge on any atom is -0.302 e. The lowest BCUT2D eigenvalue weighted by atomic mass is 9.82. The Morgan fingerprint density at radius 1 is 1.17 bits per heavy atom. The molecule has 0 bridgehead atoms. The number of rotatable bonds is 2. The Labute approximate surface area is 119 Å². The fraction of sp³-hybridized carbons (Fsp3) is 0.625. The van der Waals surface area contributed by atoms with Crippen molar-refractivity contribution < 1.29 is 0 Å². The number of hydrogen-bond donors (Lipinski definition) is 0. The normalized spacial score (nSPS) is 28.9. The summed E-state index contributed by atoms with van der Waals surface area (Å²) in [5.74, 6) is 0.771. The van der Waals surface area contributed by atoms with Crippen LogP contribution in [0.25, 0.3) is 0 Å². The molecule has 1 aliphatic carbocycles. The van der Waals surface area contributed by atoms with Crippen LogP contribution in [-0.4, -0.2) is 29.4 Å². The van der Waals surface area contributed by atoms with E-state index in [0.29, 0.717) is 4.83 Å². The molecule has 18 heavy (non-hydrogen) atoms. The van der Waals surface area contributed by atoms with E-state index < -0.39 is 0 Å². The van der Waals surface area contributed by atoms with Crippen LogP contribution in [0.3, 0.4) is 0 Å². The summed E-state index contributed by atoms with van der Waals surface area (Å²) in [5.41, 5.74) is 3.22. The first kappa shape index (κ1) is 12.7. The van der Waals surface area contributed by atoms with Crippen molar-refractivity contribution in [1.29, 1.82) is 0 Å². The van der Waals surface area contributed by atoms with Crippen molar-refractivity contribution in [3.8, 4) is 0 Å². The number of aryl methyl sites for hydroxylation is 1. The first-order valence-corrected chi connectivity index (χ1v) is 8.19. The molecule has 0 amide bonds. The molecule has 98 valence electrons. The summed E-state index contributed by atoms with van der Waals surface area (Å²) in [7, 11) is 0. The van der Waals surface area contributed by atoms with E-state index in [1.165, 1.54) is 51.7 Å². The van der Waals surface area contributed by atoms with Crippen molar-refractivity contribution in [2.24, 2.45) is 0 Å². The Kier molecular flexibility index (Phi) is 4.05. The van der Waals surface area contributed by atoms with Gasteiger partial charge in [0.2, 0.25) is 0 Å².